The van der Waals surface area contributed by atoms with Gasteiger partial charge in [0, 0.05) is 6.04 Å². The van der Waals surface area contributed by atoms with E-state index in [1.807, 2.05) is 0 Å². The van der Waals surface area contributed by atoms with E-state index >= 15 is 0 Å². The number of rotatable bonds is 3. The molecule has 1 aromatic carbocycles. The van der Waals surface area contributed by atoms with Crippen molar-refractivity contribution in [3.63, 3.8) is 0 Å². The molecule has 1 fully saturated rings. The highest BCUT2D eigenvalue weighted by Gasteiger charge is 2.28. The Bertz CT molecular complexity index is 454. The van der Waals surface area contributed by atoms with E-state index in [9.17, 15) is 4.79 Å². The lowest BCUT2D eigenvalue weighted by Gasteiger charge is -2.19. The first-order valence-electron chi connectivity index (χ1n) is 6.08. The fourth-order valence-corrected chi connectivity index (χ4v) is 2.82. The van der Waals surface area contributed by atoms with Crippen molar-refractivity contribution in [1.82, 2.24) is 5.32 Å². The molecule has 1 aromatic rings. The monoisotopic (exact) mass is 322 g/mol. The van der Waals surface area contributed by atoms with Gasteiger partial charge < -0.3 is 11.1 Å². The van der Waals surface area contributed by atoms with Gasteiger partial charge in [-0.2, -0.15) is 0 Å². The topological polar surface area (TPSA) is 55.1 Å². The summed E-state index contributed by atoms with van der Waals surface area (Å²) in [6.07, 6.45) is 3.16. The molecule has 2 unspecified atom stereocenters. The van der Waals surface area contributed by atoms with Crippen LogP contribution in [0.25, 0.3) is 0 Å². The molecule has 106 valence electrons. The van der Waals surface area contributed by atoms with Crippen LogP contribution < -0.4 is 11.1 Å². The first-order chi connectivity index (χ1) is 8.63. The van der Waals surface area contributed by atoms with Gasteiger partial charge in [-0.3, -0.25) is 4.79 Å². The van der Waals surface area contributed by atoms with Gasteiger partial charge >= 0.3 is 0 Å². The standard InChI is InChI=1S/C13H16Cl2N2O.ClH/c14-10-5-2-4-9(12(10)15)13(18)17-11-6-1-3-8(11)7-16;/h2,4-5,8,11H,1,3,6-7,16H2,(H,17,18);1H. The largest absolute Gasteiger partial charge is 0.349 e. The van der Waals surface area contributed by atoms with Crippen LogP contribution in [0, 0.1) is 5.92 Å². The number of amides is 1. The normalized spacial score (nSPS) is 21.8. The Balaban J connectivity index is 0.00000180. The van der Waals surface area contributed by atoms with E-state index < -0.39 is 0 Å². The van der Waals surface area contributed by atoms with E-state index in [1.165, 1.54) is 0 Å². The van der Waals surface area contributed by atoms with Crippen LogP contribution in [0.3, 0.4) is 0 Å². The molecule has 0 heterocycles. The molecule has 2 atom stereocenters. The van der Waals surface area contributed by atoms with E-state index in [0.29, 0.717) is 28.1 Å². The van der Waals surface area contributed by atoms with Gasteiger partial charge in [0.15, 0.2) is 0 Å². The third kappa shape index (κ3) is 3.76. The molecule has 0 bridgehead atoms. The van der Waals surface area contributed by atoms with Crippen molar-refractivity contribution in [1.29, 1.82) is 0 Å². The van der Waals surface area contributed by atoms with Gasteiger partial charge in [-0.1, -0.05) is 35.7 Å². The van der Waals surface area contributed by atoms with Crippen LogP contribution in [0.1, 0.15) is 29.6 Å². The van der Waals surface area contributed by atoms with Crippen LogP contribution in [-0.2, 0) is 0 Å². The SMILES string of the molecule is Cl.NCC1CCCC1NC(=O)c1cccc(Cl)c1Cl. The Kier molecular flexibility index (Phi) is 6.40. The lowest BCUT2D eigenvalue weighted by molar-refractivity contribution is 0.0929. The lowest BCUT2D eigenvalue weighted by atomic mass is 10.0. The van der Waals surface area contributed by atoms with Crippen LogP contribution in [-0.4, -0.2) is 18.5 Å². The fourth-order valence-electron chi connectivity index (χ4n) is 2.43. The molecule has 1 saturated carbocycles. The molecule has 2 rings (SSSR count). The maximum atomic E-state index is 12.1. The predicted octanol–water partition coefficient (Wildman–Crippen LogP) is 3.27. The summed E-state index contributed by atoms with van der Waals surface area (Å²) in [4.78, 5) is 12.1. The Morgan fingerprint density at radius 1 is 1.37 bits per heavy atom. The molecule has 1 aliphatic rings. The summed E-state index contributed by atoms with van der Waals surface area (Å²) in [6.45, 7) is 0.605. The molecule has 0 aliphatic heterocycles. The van der Waals surface area contributed by atoms with Crippen molar-refractivity contribution < 1.29 is 4.79 Å². The molecular weight excluding hydrogens is 307 g/mol. The molecule has 19 heavy (non-hydrogen) atoms. The first kappa shape index (κ1) is 16.6. The minimum absolute atomic E-state index is 0. The van der Waals surface area contributed by atoms with E-state index in [0.717, 1.165) is 19.3 Å². The Labute approximate surface area is 129 Å². The van der Waals surface area contributed by atoms with Gasteiger partial charge in [-0.05, 0) is 37.4 Å². The zero-order valence-electron chi connectivity index (χ0n) is 10.4. The highest BCUT2D eigenvalue weighted by molar-refractivity contribution is 6.43. The van der Waals surface area contributed by atoms with Gasteiger partial charge in [0.05, 0.1) is 15.6 Å². The third-order valence-electron chi connectivity index (χ3n) is 3.47. The minimum atomic E-state index is -0.173. The molecule has 3 nitrogen and oxygen atoms in total. The average molecular weight is 324 g/mol. The van der Waals surface area contributed by atoms with Crippen LogP contribution in [0.15, 0.2) is 18.2 Å². The van der Waals surface area contributed by atoms with Crippen LogP contribution in [0.5, 0.6) is 0 Å². The first-order valence-corrected chi connectivity index (χ1v) is 6.84. The second-order valence-corrected chi connectivity index (χ2v) is 5.39. The van der Waals surface area contributed by atoms with Crippen LogP contribution in [0.2, 0.25) is 10.0 Å². The van der Waals surface area contributed by atoms with Crippen molar-refractivity contribution in [3.8, 4) is 0 Å². The number of carbonyl (C=O) groups is 1. The Morgan fingerprint density at radius 3 is 2.79 bits per heavy atom. The highest BCUT2D eigenvalue weighted by Crippen LogP contribution is 2.28. The molecule has 1 amide bonds. The zero-order valence-corrected chi connectivity index (χ0v) is 12.7. The number of carbonyl (C=O) groups excluding carboxylic acids is 1. The van der Waals surface area contributed by atoms with Crippen LogP contribution >= 0.6 is 35.6 Å². The van der Waals surface area contributed by atoms with Gasteiger partial charge in [-0.25, -0.2) is 0 Å². The molecule has 3 N–H and O–H groups in total. The van der Waals surface area contributed by atoms with Gasteiger partial charge in [0.1, 0.15) is 0 Å². The van der Waals surface area contributed by atoms with Crippen molar-refractivity contribution in [2.75, 3.05) is 6.54 Å². The van der Waals surface area contributed by atoms with E-state index in [-0.39, 0.29) is 24.4 Å². The van der Waals surface area contributed by atoms with Crippen molar-refractivity contribution >= 4 is 41.5 Å². The third-order valence-corrected chi connectivity index (χ3v) is 4.29. The number of halogens is 3. The number of nitrogens with one attached hydrogen (secondary N) is 1. The summed E-state index contributed by atoms with van der Waals surface area (Å²) < 4.78 is 0. The molecular formula is C13H17Cl3N2O. The molecule has 0 saturated heterocycles. The molecule has 1 aliphatic carbocycles. The van der Waals surface area contributed by atoms with Gasteiger partial charge in [0.25, 0.3) is 5.91 Å². The number of hydrogen-bond donors (Lipinski definition) is 2. The smallest absolute Gasteiger partial charge is 0.253 e. The van der Waals surface area contributed by atoms with Crippen molar-refractivity contribution in [2.24, 2.45) is 11.7 Å². The predicted molar refractivity (Wildman–Crippen MR) is 81.4 cm³/mol. The summed E-state index contributed by atoms with van der Waals surface area (Å²) in [5.74, 6) is 0.194. The zero-order chi connectivity index (χ0) is 13.1. The van der Waals surface area contributed by atoms with E-state index in [2.05, 4.69) is 5.32 Å². The maximum Gasteiger partial charge on any atom is 0.253 e. The lowest BCUT2D eigenvalue weighted by Crippen LogP contribution is -2.39. The van der Waals surface area contributed by atoms with Crippen molar-refractivity contribution in [2.45, 2.75) is 25.3 Å². The van der Waals surface area contributed by atoms with Gasteiger partial charge in [0.2, 0.25) is 0 Å². The van der Waals surface area contributed by atoms with Crippen LogP contribution in [0.4, 0.5) is 0 Å². The second-order valence-electron chi connectivity index (χ2n) is 4.61. The minimum Gasteiger partial charge on any atom is -0.349 e. The maximum absolute atomic E-state index is 12.1. The van der Waals surface area contributed by atoms with E-state index in [1.54, 1.807) is 18.2 Å². The summed E-state index contributed by atoms with van der Waals surface area (Å²) in [6, 6.07) is 5.21. The number of benzene rings is 1. The number of nitrogens with two attached hydrogens (primary N) is 1. The Morgan fingerprint density at radius 2 is 2.11 bits per heavy atom. The molecule has 6 heteroatoms. The summed E-state index contributed by atoms with van der Waals surface area (Å²) in [5, 5.41) is 3.70. The fraction of sp³-hybridized carbons (Fsp3) is 0.462. The molecule has 0 radical (unpaired) electrons. The summed E-state index contributed by atoms with van der Waals surface area (Å²) in [5.41, 5.74) is 6.12. The quantitative estimate of drug-likeness (QED) is 0.897. The second kappa shape index (κ2) is 7.34. The van der Waals surface area contributed by atoms with Gasteiger partial charge in [-0.15, -0.1) is 12.4 Å². The molecule has 0 spiro atoms. The summed E-state index contributed by atoms with van der Waals surface area (Å²) in [7, 11) is 0. The summed E-state index contributed by atoms with van der Waals surface area (Å²) >= 11 is 11.9. The Hall–Kier alpha value is -0.480. The molecule has 0 aromatic heterocycles. The van der Waals surface area contributed by atoms with E-state index in [4.69, 9.17) is 28.9 Å². The van der Waals surface area contributed by atoms with Crippen molar-refractivity contribution in [3.05, 3.63) is 33.8 Å². The highest BCUT2D eigenvalue weighted by atomic mass is 35.5. The average Bonchev–Trinajstić information content (AvgIpc) is 2.79. The number of hydrogen-bond acceptors (Lipinski definition) is 2.